The first-order valence-electron chi connectivity index (χ1n) is 7.92. The Kier molecular flexibility index (Phi) is 5.14. The molecule has 0 bridgehead atoms. The first kappa shape index (κ1) is 14.6. The lowest BCUT2D eigenvalue weighted by Crippen LogP contribution is -2.26. The van der Waals surface area contributed by atoms with Gasteiger partial charge >= 0.3 is 0 Å². The van der Waals surface area contributed by atoms with Gasteiger partial charge in [-0.05, 0) is 49.3 Å². The van der Waals surface area contributed by atoms with Crippen molar-refractivity contribution in [2.45, 2.75) is 50.7 Å². The number of hydrogen-bond donors (Lipinski definition) is 1. The monoisotopic (exact) mass is 337 g/mol. The molecule has 2 nitrogen and oxygen atoms in total. The molecule has 1 atom stereocenters. The van der Waals surface area contributed by atoms with E-state index in [1.165, 1.54) is 44.1 Å². The number of hydrogen-bond acceptors (Lipinski definition) is 2. The molecule has 3 rings (SSSR count). The molecule has 0 aliphatic heterocycles. The molecule has 1 unspecified atom stereocenters. The van der Waals surface area contributed by atoms with Crippen LogP contribution in [0.4, 0.5) is 0 Å². The van der Waals surface area contributed by atoms with Gasteiger partial charge in [0.15, 0.2) is 0 Å². The van der Waals surface area contributed by atoms with Gasteiger partial charge in [-0.3, -0.25) is 0 Å². The molecule has 0 aromatic heterocycles. The SMILES string of the molecule is Brc1ccc(C(CNC2CC2)OCC2CCCC2)cc1. The zero-order valence-corrected chi connectivity index (χ0v) is 13.6. The van der Waals surface area contributed by atoms with Crippen LogP contribution < -0.4 is 5.32 Å². The molecule has 1 aromatic rings. The van der Waals surface area contributed by atoms with Crippen LogP contribution in [0.1, 0.15) is 50.2 Å². The van der Waals surface area contributed by atoms with Gasteiger partial charge in [0.2, 0.25) is 0 Å². The second kappa shape index (κ2) is 7.06. The average Bonchev–Trinajstić information content (AvgIpc) is 3.14. The summed E-state index contributed by atoms with van der Waals surface area (Å²) in [5.41, 5.74) is 1.29. The molecule has 3 heteroatoms. The highest BCUT2D eigenvalue weighted by Gasteiger charge is 2.24. The van der Waals surface area contributed by atoms with Crippen molar-refractivity contribution in [2.75, 3.05) is 13.2 Å². The van der Waals surface area contributed by atoms with E-state index in [2.05, 4.69) is 45.5 Å². The minimum absolute atomic E-state index is 0.198. The summed E-state index contributed by atoms with van der Waals surface area (Å²) in [6.07, 6.45) is 8.33. The van der Waals surface area contributed by atoms with Crippen LogP contribution in [0.3, 0.4) is 0 Å². The molecule has 0 saturated heterocycles. The number of benzene rings is 1. The molecule has 2 aliphatic rings. The Morgan fingerprint density at radius 2 is 1.80 bits per heavy atom. The van der Waals surface area contributed by atoms with Crippen LogP contribution in [0, 0.1) is 5.92 Å². The Balaban J connectivity index is 1.57. The fourth-order valence-electron chi connectivity index (χ4n) is 2.94. The zero-order chi connectivity index (χ0) is 13.8. The van der Waals surface area contributed by atoms with E-state index in [0.717, 1.165) is 29.6 Å². The molecule has 0 radical (unpaired) electrons. The third-order valence-electron chi connectivity index (χ3n) is 4.42. The molecular weight excluding hydrogens is 314 g/mol. The van der Waals surface area contributed by atoms with Crippen molar-refractivity contribution in [1.82, 2.24) is 5.32 Å². The minimum Gasteiger partial charge on any atom is -0.372 e. The maximum absolute atomic E-state index is 6.25. The summed E-state index contributed by atoms with van der Waals surface area (Å²) in [6, 6.07) is 9.32. The van der Waals surface area contributed by atoms with E-state index in [0.29, 0.717) is 0 Å². The lowest BCUT2D eigenvalue weighted by molar-refractivity contribution is 0.0292. The van der Waals surface area contributed by atoms with E-state index in [9.17, 15) is 0 Å². The molecule has 0 spiro atoms. The van der Waals surface area contributed by atoms with Crippen molar-refractivity contribution in [1.29, 1.82) is 0 Å². The number of rotatable bonds is 7. The van der Waals surface area contributed by atoms with Gasteiger partial charge in [-0.1, -0.05) is 40.9 Å². The van der Waals surface area contributed by atoms with E-state index >= 15 is 0 Å². The predicted molar refractivity (Wildman–Crippen MR) is 85.8 cm³/mol. The predicted octanol–water partition coefficient (Wildman–Crippen LogP) is 4.45. The van der Waals surface area contributed by atoms with Crippen LogP contribution >= 0.6 is 15.9 Å². The second-order valence-corrected chi connectivity index (χ2v) is 7.12. The summed E-state index contributed by atoms with van der Waals surface area (Å²) in [4.78, 5) is 0. The summed E-state index contributed by atoms with van der Waals surface area (Å²) in [5.74, 6) is 0.786. The summed E-state index contributed by atoms with van der Waals surface area (Å²) >= 11 is 3.50. The Labute approximate surface area is 130 Å². The molecule has 2 fully saturated rings. The van der Waals surface area contributed by atoms with Gasteiger partial charge in [0, 0.05) is 17.1 Å². The van der Waals surface area contributed by atoms with Gasteiger partial charge in [-0.2, -0.15) is 0 Å². The van der Waals surface area contributed by atoms with E-state index in [1.807, 2.05) is 0 Å². The van der Waals surface area contributed by atoms with E-state index in [-0.39, 0.29) is 6.10 Å². The van der Waals surface area contributed by atoms with E-state index in [1.54, 1.807) is 0 Å². The van der Waals surface area contributed by atoms with Crippen molar-refractivity contribution in [3.05, 3.63) is 34.3 Å². The van der Waals surface area contributed by atoms with Crippen LogP contribution in [0.15, 0.2) is 28.7 Å². The highest BCUT2D eigenvalue weighted by Crippen LogP contribution is 2.28. The van der Waals surface area contributed by atoms with Crippen molar-refractivity contribution in [3.63, 3.8) is 0 Å². The normalized spacial score (nSPS) is 21.2. The van der Waals surface area contributed by atoms with Crippen molar-refractivity contribution >= 4 is 15.9 Å². The van der Waals surface area contributed by atoms with Crippen LogP contribution in [0.2, 0.25) is 0 Å². The highest BCUT2D eigenvalue weighted by molar-refractivity contribution is 9.10. The smallest absolute Gasteiger partial charge is 0.0949 e. The van der Waals surface area contributed by atoms with Crippen LogP contribution in [0.25, 0.3) is 0 Å². The van der Waals surface area contributed by atoms with Crippen molar-refractivity contribution in [2.24, 2.45) is 5.92 Å². The summed E-state index contributed by atoms with van der Waals surface area (Å²) in [6.45, 7) is 1.87. The number of halogens is 1. The molecule has 110 valence electrons. The quantitative estimate of drug-likeness (QED) is 0.793. The van der Waals surface area contributed by atoms with Gasteiger partial charge < -0.3 is 10.1 Å². The molecular formula is C17H24BrNO. The third kappa shape index (κ3) is 4.31. The fraction of sp³-hybridized carbons (Fsp3) is 0.647. The van der Waals surface area contributed by atoms with Crippen molar-refractivity contribution in [3.8, 4) is 0 Å². The lowest BCUT2D eigenvalue weighted by atomic mass is 10.1. The van der Waals surface area contributed by atoms with Gasteiger partial charge in [-0.25, -0.2) is 0 Å². The molecule has 1 N–H and O–H groups in total. The largest absolute Gasteiger partial charge is 0.372 e. The molecule has 20 heavy (non-hydrogen) atoms. The minimum atomic E-state index is 0.198. The lowest BCUT2D eigenvalue weighted by Gasteiger charge is -2.21. The van der Waals surface area contributed by atoms with Crippen LogP contribution in [0.5, 0.6) is 0 Å². The van der Waals surface area contributed by atoms with E-state index < -0.39 is 0 Å². The Morgan fingerprint density at radius 3 is 2.45 bits per heavy atom. The first-order valence-corrected chi connectivity index (χ1v) is 8.71. The average molecular weight is 338 g/mol. The fourth-order valence-corrected chi connectivity index (χ4v) is 3.21. The topological polar surface area (TPSA) is 21.3 Å². The highest BCUT2D eigenvalue weighted by atomic mass is 79.9. The Morgan fingerprint density at radius 1 is 1.10 bits per heavy atom. The molecule has 1 aromatic carbocycles. The number of nitrogens with one attached hydrogen (secondary N) is 1. The Bertz CT molecular complexity index is 410. The van der Waals surface area contributed by atoms with Crippen LogP contribution in [-0.4, -0.2) is 19.2 Å². The van der Waals surface area contributed by atoms with Gasteiger partial charge in [0.05, 0.1) is 12.7 Å². The first-order chi connectivity index (χ1) is 9.81. The second-order valence-electron chi connectivity index (χ2n) is 6.21. The summed E-state index contributed by atoms with van der Waals surface area (Å²) in [5, 5.41) is 3.61. The summed E-state index contributed by atoms with van der Waals surface area (Å²) in [7, 11) is 0. The zero-order valence-electron chi connectivity index (χ0n) is 12.0. The van der Waals surface area contributed by atoms with Gasteiger partial charge in [0.25, 0.3) is 0 Å². The van der Waals surface area contributed by atoms with Gasteiger partial charge in [0.1, 0.15) is 0 Å². The van der Waals surface area contributed by atoms with Crippen LogP contribution in [-0.2, 0) is 4.74 Å². The van der Waals surface area contributed by atoms with Gasteiger partial charge in [-0.15, -0.1) is 0 Å². The van der Waals surface area contributed by atoms with E-state index in [4.69, 9.17) is 4.74 Å². The third-order valence-corrected chi connectivity index (χ3v) is 4.95. The molecule has 2 aliphatic carbocycles. The summed E-state index contributed by atoms with van der Waals surface area (Å²) < 4.78 is 7.38. The maximum Gasteiger partial charge on any atom is 0.0949 e. The molecule has 2 saturated carbocycles. The van der Waals surface area contributed by atoms with Crippen molar-refractivity contribution < 1.29 is 4.74 Å². The number of ether oxygens (including phenoxy) is 1. The standard InChI is InChI=1S/C17H24BrNO/c18-15-7-5-14(6-8-15)17(11-19-16-9-10-16)20-12-13-3-1-2-4-13/h5-8,13,16-17,19H,1-4,9-12H2. The Hall–Kier alpha value is -0.380. The molecule has 0 amide bonds. The maximum atomic E-state index is 6.25. The molecule has 0 heterocycles.